The van der Waals surface area contributed by atoms with Gasteiger partial charge in [-0.15, -0.1) is 0 Å². The molecule has 0 atom stereocenters. The number of fused-ring (bicyclic) bond motifs is 1. The van der Waals surface area contributed by atoms with E-state index >= 15 is 0 Å². The van der Waals surface area contributed by atoms with Gasteiger partial charge in [0.1, 0.15) is 5.75 Å². The van der Waals surface area contributed by atoms with Crippen LogP contribution in [0.15, 0.2) is 48.5 Å². The van der Waals surface area contributed by atoms with Crippen LogP contribution in [0.5, 0.6) is 5.75 Å². The van der Waals surface area contributed by atoms with Gasteiger partial charge in [-0.25, -0.2) is 4.98 Å². The molecule has 0 aliphatic heterocycles. The summed E-state index contributed by atoms with van der Waals surface area (Å²) in [7, 11) is 0. The average Bonchev–Trinajstić information content (AvgIpc) is 3.50. The first-order chi connectivity index (χ1) is 13.6. The number of hydrogen-bond acceptors (Lipinski definition) is 3. The molecule has 0 radical (unpaired) electrons. The minimum Gasteiger partial charge on any atom is -0.493 e. The van der Waals surface area contributed by atoms with Crippen LogP contribution in [-0.4, -0.2) is 23.5 Å². The molecule has 1 aliphatic carbocycles. The van der Waals surface area contributed by atoms with Gasteiger partial charge in [0.25, 0.3) is 0 Å². The molecular formula is C24H26N2O2. The summed E-state index contributed by atoms with van der Waals surface area (Å²) in [6, 6.07) is 16.7. The molecule has 4 nitrogen and oxygen atoms in total. The second kappa shape index (κ2) is 8.01. The quantitative estimate of drug-likeness (QED) is 0.645. The lowest BCUT2D eigenvalue weighted by molar-refractivity contribution is -0.120. The lowest BCUT2D eigenvalue weighted by Crippen LogP contribution is -2.26. The molecule has 1 aliphatic rings. The van der Waals surface area contributed by atoms with E-state index in [0.29, 0.717) is 19.1 Å². The standard InChI is InChI=1S/C24H26N2O2/c1-3-12-28-23-7-5-4-6-19(23)22-13-16(2)20-14-17(8-11-21(20)26-22)15-24(27)25-18-9-10-18/h4-8,11,13-14,18H,3,9-10,12,15H2,1-2H3,(H,25,27). The molecule has 1 N–H and O–H groups in total. The van der Waals surface area contributed by atoms with E-state index < -0.39 is 0 Å². The molecule has 2 aromatic carbocycles. The molecule has 4 rings (SSSR count). The Labute approximate surface area is 165 Å². The van der Waals surface area contributed by atoms with Crippen LogP contribution in [0.25, 0.3) is 22.2 Å². The van der Waals surface area contributed by atoms with Crippen molar-refractivity contribution in [2.24, 2.45) is 0 Å². The summed E-state index contributed by atoms with van der Waals surface area (Å²) in [5, 5.41) is 4.14. The number of ether oxygens (including phenoxy) is 1. The van der Waals surface area contributed by atoms with Crippen molar-refractivity contribution in [2.75, 3.05) is 6.61 Å². The minimum absolute atomic E-state index is 0.103. The fraction of sp³-hybridized carbons (Fsp3) is 0.333. The highest BCUT2D eigenvalue weighted by Gasteiger charge is 2.23. The Bertz CT molecular complexity index is 1010. The maximum atomic E-state index is 12.1. The number of para-hydroxylation sites is 1. The number of nitrogens with zero attached hydrogens (tertiary/aromatic N) is 1. The van der Waals surface area contributed by atoms with Crippen molar-refractivity contribution in [1.82, 2.24) is 10.3 Å². The molecule has 4 heteroatoms. The molecule has 28 heavy (non-hydrogen) atoms. The molecule has 1 aromatic heterocycles. The summed E-state index contributed by atoms with van der Waals surface area (Å²) >= 11 is 0. The zero-order valence-electron chi connectivity index (χ0n) is 16.5. The van der Waals surface area contributed by atoms with E-state index in [0.717, 1.165) is 58.3 Å². The molecule has 0 spiro atoms. The summed E-state index contributed by atoms with van der Waals surface area (Å²) in [6.07, 6.45) is 3.61. The van der Waals surface area contributed by atoms with Crippen LogP contribution in [0.2, 0.25) is 0 Å². The van der Waals surface area contributed by atoms with Crippen molar-refractivity contribution in [2.45, 2.75) is 45.6 Å². The van der Waals surface area contributed by atoms with Gasteiger partial charge in [-0.2, -0.15) is 0 Å². The van der Waals surface area contributed by atoms with Crippen LogP contribution in [0.3, 0.4) is 0 Å². The van der Waals surface area contributed by atoms with Gasteiger partial charge >= 0.3 is 0 Å². The van der Waals surface area contributed by atoms with E-state index in [1.54, 1.807) is 0 Å². The lowest BCUT2D eigenvalue weighted by atomic mass is 10.0. The van der Waals surface area contributed by atoms with E-state index in [4.69, 9.17) is 9.72 Å². The molecule has 0 unspecified atom stereocenters. The third kappa shape index (κ3) is 4.16. The molecular weight excluding hydrogens is 348 g/mol. The predicted octanol–water partition coefficient (Wildman–Crippen LogP) is 4.82. The van der Waals surface area contributed by atoms with Gasteiger partial charge in [0, 0.05) is 17.0 Å². The van der Waals surface area contributed by atoms with Crippen molar-refractivity contribution in [3.05, 3.63) is 59.7 Å². The fourth-order valence-corrected chi connectivity index (χ4v) is 3.40. The van der Waals surface area contributed by atoms with Crippen molar-refractivity contribution >= 4 is 16.8 Å². The van der Waals surface area contributed by atoms with Crippen LogP contribution >= 0.6 is 0 Å². The van der Waals surface area contributed by atoms with E-state index in [1.807, 2.05) is 30.3 Å². The van der Waals surface area contributed by atoms with Crippen molar-refractivity contribution in [3.63, 3.8) is 0 Å². The van der Waals surface area contributed by atoms with Crippen LogP contribution in [0, 0.1) is 6.92 Å². The molecule has 1 heterocycles. The van der Waals surface area contributed by atoms with E-state index in [9.17, 15) is 4.79 Å². The molecule has 0 saturated heterocycles. The number of amides is 1. The third-order valence-electron chi connectivity index (χ3n) is 5.01. The number of hydrogen-bond donors (Lipinski definition) is 1. The van der Waals surface area contributed by atoms with Gasteiger partial charge in [-0.05, 0) is 67.6 Å². The lowest BCUT2D eigenvalue weighted by Gasteiger charge is -2.13. The monoisotopic (exact) mass is 374 g/mol. The van der Waals surface area contributed by atoms with Gasteiger partial charge in [0.15, 0.2) is 0 Å². The van der Waals surface area contributed by atoms with E-state index in [1.165, 1.54) is 0 Å². The van der Waals surface area contributed by atoms with Crippen molar-refractivity contribution in [1.29, 1.82) is 0 Å². The van der Waals surface area contributed by atoms with Gasteiger partial charge in [0.2, 0.25) is 5.91 Å². The average molecular weight is 374 g/mol. The predicted molar refractivity (Wildman–Crippen MR) is 113 cm³/mol. The Morgan fingerprint density at radius 1 is 1.18 bits per heavy atom. The van der Waals surface area contributed by atoms with Crippen LogP contribution in [-0.2, 0) is 11.2 Å². The van der Waals surface area contributed by atoms with Crippen molar-refractivity contribution in [3.8, 4) is 17.0 Å². The van der Waals surface area contributed by atoms with Gasteiger partial charge < -0.3 is 10.1 Å². The highest BCUT2D eigenvalue weighted by atomic mass is 16.5. The van der Waals surface area contributed by atoms with Gasteiger partial charge in [0.05, 0.1) is 24.2 Å². The minimum atomic E-state index is 0.103. The molecule has 3 aromatic rings. The molecule has 1 saturated carbocycles. The van der Waals surface area contributed by atoms with Crippen LogP contribution in [0.1, 0.15) is 37.3 Å². The number of carbonyl (C=O) groups excluding carboxylic acids is 1. The second-order valence-corrected chi connectivity index (χ2v) is 7.54. The zero-order chi connectivity index (χ0) is 19.5. The second-order valence-electron chi connectivity index (χ2n) is 7.54. The number of aromatic nitrogens is 1. The van der Waals surface area contributed by atoms with Crippen LogP contribution < -0.4 is 10.1 Å². The smallest absolute Gasteiger partial charge is 0.224 e. The molecule has 1 amide bonds. The van der Waals surface area contributed by atoms with Gasteiger partial charge in [-0.3, -0.25) is 4.79 Å². The number of pyridine rings is 1. The topological polar surface area (TPSA) is 51.2 Å². The maximum absolute atomic E-state index is 12.1. The van der Waals surface area contributed by atoms with E-state index in [-0.39, 0.29) is 5.91 Å². The number of nitrogens with one attached hydrogen (secondary N) is 1. The first-order valence-corrected chi connectivity index (χ1v) is 10.1. The Kier molecular flexibility index (Phi) is 5.29. The summed E-state index contributed by atoms with van der Waals surface area (Å²) < 4.78 is 5.91. The fourth-order valence-electron chi connectivity index (χ4n) is 3.40. The van der Waals surface area contributed by atoms with Crippen LogP contribution in [0.4, 0.5) is 0 Å². The highest BCUT2D eigenvalue weighted by Crippen LogP contribution is 2.31. The van der Waals surface area contributed by atoms with E-state index in [2.05, 4.69) is 37.4 Å². The zero-order valence-corrected chi connectivity index (χ0v) is 16.5. The summed E-state index contributed by atoms with van der Waals surface area (Å²) in [4.78, 5) is 17.0. The Balaban J connectivity index is 1.64. The maximum Gasteiger partial charge on any atom is 0.224 e. The summed E-state index contributed by atoms with van der Waals surface area (Å²) in [6.45, 7) is 4.89. The summed E-state index contributed by atoms with van der Waals surface area (Å²) in [5.74, 6) is 0.968. The molecule has 0 bridgehead atoms. The number of benzene rings is 2. The van der Waals surface area contributed by atoms with Gasteiger partial charge in [-0.1, -0.05) is 25.1 Å². The third-order valence-corrected chi connectivity index (χ3v) is 5.01. The number of carbonyl (C=O) groups is 1. The van der Waals surface area contributed by atoms with Crippen molar-refractivity contribution < 1.29 is 9.53 Å². The molecule has 144 valence electrons. The Morgan fingerprint density at radius 3 is 2.79 bits per heavy atom. The normalized spacial score (nSPS) is 13.5. The number of aryl methyl sites for hydroxylation is 1. The Hall–Kier alpha value is -2.88. The molecule has 1 fully saturated rings. The first kappa shape index (κ1) is 18.5. The largest absolute Gasteiger partial charge is 0.493 e. The Morgan fingerprint density at radius 2 is 2.00 bits per heavy atom. The first-order valence-electron chi connectivity index (χ1n) is 10.1. The SMILES string of the molecule is CCCOc1ccccc1-c1cc(C)c2cc(CC(=O)NC3CC3)ccc2n1. The highest BCUT2D eigenvalue weighted by molar-refractivity contribution is 5.88. The number of rotatable bonds is 7. The summed E-state index contributed by atoms with van der Waals surface area (Å²) in [5.41, 5.74) is 5.03.